The molecule has 6 heteroatoms. The van der Waals surface area contributed by atoms with Crippen LogP contribution in [0, 0.1) is 5.82 Å². The molecule has 0 spiro atoms. The second-order valence-electron chi connectivity index (χ2n) is 5.15. The number of carbonyl (C=O) groups is 1. The molecule has 0 radical (unpaired) electrons. The summed E-state index contributed by atoms with van der Waals surface area (Å²) in [6.45, 7) is 7.77. The Morgan fingerprint density at radius 1 is 1.59 bits per heavy atom. The predicted octanol–water partition coefficient (Wildman–Crippen LogP) is 2.32. The Labute approximate surface area is 129 Å². The maximum atomic E-state index is 13.8. The number of hydrogen-bond donors (Lipinski definition) is 1. The van der Waals surface area contributed by atoms with Crippen molar-refractivity contribution in [1.82, 2.24) is 10.2 Å². The van der Waals surface area contributed by atoms with Gasteiger partial charge in [-0.1, -0.05) is 12.7 Å². The summed E-state index contributed by atoms with van der Waals surface area (Å²) in [5, 5.41) is 3.20. The zero-order valence-corrected chi connectivity index (χ0v) is 12.7. The second kappa shape index (κ2) is 7.79. The lowest BCUT2D eigenvalue weighted by atomic mass is 10.2. The van der Waals surface area contributed by atoms with Crippen LogP contribution >= 0.6 is 0 Å². The first-order valence-corrected chi connectivity index (χ1v) is 7.28. The second-order valence-corrected chi connectivity index (χ2v) is 5.15. The molecular formula is C16H21FN2O3. The molecule has 1 heterocycles. The molecule has 0 aliphatic carbocycles. The van der Waals surface area contributed by atoms with Gasteiger partial charge in [0.2, 0.25) is 0 Å². The van der Waals surface area contributed by atoms with E-state index in [1.54, 1.807) is 11.0 Å². The molecule has 1 aliphatic heterocycles. The Morgan fingerprint density at radius 2 is 2.41 bits per heavy atom. The van der Waals surface area contributed by atoms with Gasteiger partial charge in [-0.3, -0.25) is 0 Å². The summed E-state index contributed by atoms with van der Waals surface area (Å²) in [4.78, 5) is 13.7. The zero-order valence-electron chi connectivity index (χ0n) is 12.7. The Morgan fingerprint density at radius 3 is 3.14 bits per heavy atom. The number of nitrogens with one attached hydrogen (secondary N) is 1. The van der Waals surface area contributed by atoms with Gasteiger partial charge in [-0.05, 0) is 25.1 Å². The van der Waals surface area contributed by atoms with E-state index in [2.05, 4.69) is 11.9 Å². The van der Waals surface area contributed by atoms with Crippen LogP contribution in [0.2, 0.25) is 0 Å². The SMILES string of the molecule is C=CCOc1ccc(F)c(COC(=O)N2CCNCC2C)c1. The number of nitrogens with zero attached hydrogens (tertiary/aromatic N) is 1. The highest BCUT2D eigenvalue weighted by atomic mass is 19.1. The summed E-state index contributed by atoms with van der Waals surface area (Å²) in [7, 11) is 0. The molecular weight excluding hydrogens is 287 g/mol. The lowest BCUT2D eigenvalue weighted by Gasteiger charge is -2.33. The highest BCUT2D eigenvalue weighted by Crippen LogP contribution is 2.18. The fraction of sp³-hybridized carbons (Fsp3) is 0.438. The first kappa shape index (κ1) is 16.3. The van der Waals surface area contributed by atoms with Crippen LogP contribution in [0.3, 0.4) is 0 Å². The average Bonchev–Trinajstić information content (AvgIpc) is 2.53. The Hall–Kier alpha value is -2.08. The minimum atomic E-state index is -0.425. The van der Waals surface area contributed by atoms with Crippen molar-refractivity contribution in [1.29, 1.82) is 0 Å². The molecule has 5 nitrogen and oxygen atoms in total. The van der Waals surface area contributed by atoms with Crippen LogP contribution < -0.4 is 10.1 Å². The minimum Gasteiger partial charge on any atom is -0.490 e. The van der Waals surface area contributed by atoms with Crippen molar-refractivity contribution in [2.45, 2.75) is 19.6 Å². The van der Waals surface area contributed by atoms with Crippen LogP contribution in [0.1, 0.15) is 12.5 Å². The molecule has 1 amide bonds. The van der Waals surface area contributed by atoms with Gasteiger partial charge in [-0.15, -0.1) is 0 Å². The highest BCUT2D eigenvalue weighted by Gasteiger charge is 2.24. The molecule has 1 N–H and O–H groups in total. The zero-order chi connectivity index (χ0) is 15.9. The van der Waals surface area contributed by atoms with Gasteiger partial charge < -0.3 is 19.7 Å². The number of rotatable bonds is 5. The fourth-order valence-corrected chi connectivity index (χ4v) is 2.24. The largest absolute Gasteiger partial charge is 0.490 e. The monoisotopic (exact) mass is 308 g/mol. The quantitative estimate of drug-likeness (QED) is 0.848. The maximum absolute atomic E-state index is 13.8. The fourth-order valence-electron chi connectivity index (χ4n) is 2.24. The number of halogens is 1. The first-order valence-electron chi connectivity index (χ1n) is 7.28. The van der Waals surface area contributed by atoms with Crippen LogP contribution in [-0.2, 0) is 11.3 Å². The maximum Gasteiger partial charge on any atom is 0.410 e. The number of amides is 1. The number of piperazine rings is 1. The average molecular weight is 308 g/mol. The van der Waals surface area contributed by atoms with Gasteiger partial charge in [0, 0.05) is 31.2 Å². The molecule has 2 rings (SSSR count). The van der Waals surface area contributed by atoms with Crippen molar-refractivity contribution >= 4 is 6.09 Å². The number of carbonyl (C=O) groups excluding carboxylic acids is 1. The lowest BCUT2D eigenvalue weighted by Crippen LogP contribution is -2.52. The summed E-state index contributed by atoms with van der Waals surface area (Å²) in [5.41, 5.74) is 0.290. The van der Waals surface area contributed by atoms with E-state index in [1.807, 2.05) is 6.92 Å². The molecule has 1 saturated heterocycles. The Bertz CT molecular complexity index is 536. The van der Waals surface area contributed by atoms with E-state index >= 15 is 0 Å². The number of benzene rings is 1. The number of hydrogen-bond acceptors (Lipinski definition) is 4. The van der Waals surface area contributed by atoms with Crippen molar-refractivity contribution in [2.75, 3.05) is 26.2 Å². The van der Waals surface area contributed by atoms with Crippen LogP contribution in [0.15, 0.2) is 30.9 Å². The predicted molar refractivity (Wildman–Crippen MR) is 81.3 cm³/mol. The van der Waals surface area contributed by atoms with Gasteiger partial charge >= 0.3 is 6.09 Å². The number of ether oxygens (including phenoxy) is 2. The van der Waals surface area contributed by atoms with Gasteiger partial charge in [-0.25, -0.2) is 9.18 Å². The van der Waals surface area contributed by atoms with Crippen LogP contribution in [-0.4, -0.2) is 43.3 Å². The molecule has 1 aromatic rings. The van der Waals surface area contributed by atoms with Crippen molar-refractivity contribution in [3.8, 4) is 5.75 Å². The third-order valence-electron chi connectivity index (χ3n) is 3.47. The molecule has 0 bridgehead atoms. The highest BCUT2D eigenvalue weighted by molar-refractivity contribution is 5.68. The molecule has 1 aliphatic rings. The third kappa shape index (κ3) is 4.21. The van der Waals surface area contributed by atoms with E-state index in [-0.39, 0.29) is 18.2 Å². The van der Waals surface area contributed by atoms with E-state index in [0.29, 0.717) is 18.9 Å². The molecule has 1 fully saturated rings. The van der Waals surface area contributed by atoms with Crippen molar-refractivity contribution in [3.63, 3.8) is 0 Å². The summed E-state index contributed by atoms with van der Waals surface area (Å²) in [6.07, 6.45) is 1.18. The molecule has 0 aromatic heterocycles. The van der Waals surface area contributed by atoms with E-state index in [1.165, 1.54) is 18.2 Å². The van der Waals surface area contributed by atoms with E-state index < -0.39 is 11.9 Å². The van der Waals surface area contributed by atoms with E-state index in [0.717, 1.165) is 13.1 Å². The summed E-state index contributed by atoms with van der Waals surface area (Å²) >= 11 is 0. The standard InChI is InChI=1S/C16H21FN2O3/c1-3-8-21-14-4-5-15(17)13(9-14)11-22-16(20)19-7-6-18-10-12(19)2/h3-5,9,12,18H,1,6-8,10-11H2,2H3. The van der Waals surface area contributed by atoms with Crippen LogP contribution in [0.25, 0.3) is 0 Å². The molecule has 1 aromatic carbocycles. The van der Waals surface area contributed by atoms with Gasteiger partial charge in [0.15, 0.2) is 0 Å². The topological polar surface area (TPSA) is 50.8 Å². The third-order valence-corrected chi connectivity index (χ3v) is 3.47. The Balaban J connectivity index is 1.95. The Kier molecular flexibility index (Phi) is 5.77. The molecule has 120 valence electrons. The molecule has 1 atom stereocenters. The summed E-state index contributed by atoms with van der Waals surface area (Å²) in [5.74, 6) is 0.0926. The van der Waals surface area contributed by atoms with Gasteiger partial charge in [0.1, 0.15) is 24.8 Å². The lowest BCUT2D eigenvalue weighted by molar-refractivity contribution is 0.0751. The van der Waals surface area contributed by atoms with Crippen molar-refractivity contribution in [2.24, 2.45) is 0 Å². The minimum absolute atomic E-state index is 0.0633. The van der Waals surface area contributed by atoms with Crippen molar-refractivity contribution < 1.29 is 18.7 Å². The normalized spacial score (nSPS) is 17.9. The molecule has 1 unspecified atom stereocenters. The van der Waals surface area contributed by atoms with Crippen molar-refractivity contribution in [3.05, 3.63) is 42.2 Å². The molecule has 0 saturated carbocycles. The van der Waals surface area contributed by atoms with Crippen LogP contribution in [0.4, 0.5) is 9.18 Å². The van der Waals surface area contributed by atoms with Gasteiger partial charge in [-0.2, -0.15) is 0 Å². The van der Waals surface area contributed by atoms with Gasteiger partial charge in [0.05, 0.1) is 0 Å². The molecule has 22 heavy (non-hydrogen) atoms. The van der Waals surface area contributed by atoms with E-state index in [4.69, 9.17) is 9.47 Å². The smallest absolute Gasteiger partial charge is 0.410 e. The first-order chi connectivity index (χ1) is 10.6. The van der Waals surface area contributed by atoms with Crippen LogP contribution in [0.5, 0.6) is 5.75 Å². The van der Waals surface area contributed by atoms with Gasteiger partial charge in [0.25, 0.3) is 0 Å². The summed E-state index contributed by atoms with van der Waals surface area (Å²) in [6, 6.07) is 4.43. The van der Waals surface area contributed by atoms with E-state index in [9.17, 15) is 9.18 Å². The summed E-state index contributed by atoms with van der Waals surface area (Å²) < 4.78 is 24.3.